The van der Waals surface area contributed by atoms with Crippen molar-refractivity contribution in [1.29, 1.82) is 0 Å². The number of alkyl halides is 2. The molecule has 3 atom stereocenters. The second-order valence-electron chi connectivity index (χ2n) is 5.10. The van der Waals surface area contributed by atoms with Gasteiger partial charge in [0, 0.05) is 16.0 Å². The maximum Gasteiger partial charge on any atom is 0.412 e. The maximum atomic E-state index is 14.1. The number of hydrogen-bond acceptors (Lipinski definition) is 3. The lowest BCUT2D eigenvalue weighted by Gasteiger charge is -2.33. The predicted octanol–water partition coefficient (Wildman–Crippen LogP) is 3.09. The topological polar surface area (TPSA) is 70.9 Å². The number of carbonyl (C=O) groups is 1. The van der Waals surface area contributed by atoms with Gasteiger partial charge in [-0.15, -0.1) is 0 Å². The summed E-state index contributed by atoms with van der Waals surface area (Å²) in [7, 11) is 0. The zero-order valence-electron chi connectivity index (χ0n) is 10.9. The number of ether oxygens (including phenoxy) is 1. The average molecular weight is 379 g/mol. The molecule has 5 nitrogen and oxygen atoms in total. The molecule has 3 rings (SSSR count). The van der Waals surface area contributed by atoms with E-state index in [0.717, 1.165) is 6.07 Å². The number of nitrogens with one attached hydrogen (secondary N) is 1. The average Bonchev–Trinajstić information content (AvgIpc) is 3.19. The van der Waals surface area contributed by atoms with E-state index < -0.39 is 41.9 Å². The van der Waals surface area contributed by atoms with E-state index in [0.29, 0.717) is 4.47 Å². The van der Waals surface area contributed by atoms with Crippen LogP contribution in [-0.4, -0.2) is 29.8 Å². The summed E-state index contributed by atoms with van der Waals surface area (Å²) in [4.78, 5) is 14.4. The van der Waals surface area contributed by atoms with Crippen molar-refractivity contribution < 1.29 is 27.8 Å². The minimum absolute atomic E-state index is 0.255. The Morgan fingerprint density at radius 1 is 1.55 bits per heavy atom. The van der Waals surface area contributed by atoms with Gasteiger partial charge in [-0.3, -0.25) is 0 Å². The van der Waals surface area contributed by atoms with Crippen molar-refractivity contribution >= 4 is 28.0 Å². The van der Waals surface area contributed by atoms with Crippen LogP contribution in [0.4, 0.5) is 18.0 Å². The molecule has 0 spiro atoms. The minimum atomic E-state index is -3.01. The minimum Gasteiger partial charge on any atom is -0.465 e. The van der Waals surface area contributed by atoms with Crippen molar-refractivity contribution in [3.05, 3.63) is 34.1 Å². The summed E-state index contributed by atoms with van der Waals surface area (Å²) >= 11 is 3.12. The lowest BCUT2D eigenvalue weighted by molar-refractivity contribution is 0.0167. The fourth-order valence-corrected chi connectivity index (χ4v) is 3.09. The summed E-state index contributed by atoms with van der Waals surface area (Å²) in [6.07, 6.45) is -4.85. The first-order valence-electron chi connectivity index (χ1n) is 6.34. The molecule has 2 N–H and O–H groups in total. The summed E-state index contributed by atoms with van der Waals surface area (Å²) in [6, 6.07) is 3.16. The van der Waals surface area contributed by atoms with Gasteiger partial charge in [0.2, 0.25) is 0 Å². The molecular weight excluding hydrogens is 369 g/mol. The molecule has 2 aliphatic rings. The molecular formula is C13H10BrF3N2O3. The van der Waals surface area contributed by atoms with Crippen LogP contribution in [0.3, 0.4) is 0 Å². The molecule has 22 heavy (non-hydrogen) atoms. The number of hydrogen-bond donors (Lipinski definition) is 2. The van der Waals surface area contributed by atoms with E-state index in [1.165, 1.54) is 12.1 Å². The van der Waals surface area contributed by atoms with Crippen molar-refractivity contribution in [3.8, 4) is 0 Å². The lowest BCUT2D eigenvalue weighted by Crippen LogP contribution is -2.45. The number of nitrogens with zero attached hydrogens (tertiary/aromatic N) is 1. The number of benzene rings is 1. The van der Waals surface area contributed by atoms with Crippen LogP contribution in [0.5, 0.6) is 0 Å². The van der Waals surface area contributed by atoms with E-state index in [4.69, 9.17) is 9.84 Å². The molecule has 1 saturated carbocycles. The van der Waals surface area contributed by atoms with E-state index in [9.17, 15) is 18.0 Å². The summed E-state index contributed by atoms with van der Waals surface area (Å²) < 4.78 is 47.4. The van der Waals surface area contributed by atoms with Gasteiger partial charge in [-0.2, -0.15) is 0 Å². The molecule has 1 heterocycles. The Morgan fingerprint density at radius 2 is 2.27 bits per heavy atom. The van der Waals surface area contributed by atoms with Gasteiger partial charge in [0.15, 0.2) is 5.54 Å². The van der Waals surface area contributed by atoms with Crippen LogP contribution in [0.2, 0.25) is 0 Å². The SMILES string of the molecule is O=C(O)NC1=N[C@@](c2cc(Br)ccc2F)(C(F)F)[C@H]2C[C@H]2O1. The van der Waals surface area contributed by atoms with E-state index >= 15 is 0 Å². The molecule has 1 amide bonds. The number of rotatable bonds is 2. The second-order valence-corrected chi connectivity index (χ2v) is 6.01. The van der Waals surface area contributed by atoms with E-state index in [1.54, 1.807) is 0 Å². The van der Waals surface area contributed by atoms with Crippen molar-refractivity contribution in [2.45, 2.75) is 24.5 Å². The van der Waals surface area contributed by atoms with Gasteiger partial charge in [0.25, 0.3) is 12.4 Å². The van der Waals surface area contributed by atoms with Gasteiger partial charge < -0.3 is 9.84 Å². The van der Waals surface area contributed by atoms with Gasteiger partial charge in [-0.25, -0.2) is 28.3 Å². The first kappa shape index (κ1) is 15.1. The van der Waals surface area contributed by atoms with Gasteiger partial charge >= 0.3 is 6.09 Å². The van der Waals surface area contributed by atoms with Crippen LogP contribution in [0, 0.1) is 11.7 Å². The quantitative estimate of drug-likeness (QED) is 0.830. The molecule has 0 radical (unpaired) electrons. The summed E-state index contributed by atoms with van der Waals surface area (Å²) in [5.74, 6) is -1.52. The van der Waals surface area contributed by atoms with Crippen LogP contribution in [-0.2, 0) is 10.3 Å². The highest BCUT2D eigenvalue weighted by atomic mass is 79.9. The predicted molar refractivity (Wildman–Crippen MR) is 73.4 cm³/mol. The van der Waals surface area contributed by atoms with Gasteiger partial charge in [0.05, 0.1) is 0 Å². The largest absolute Gasteiger partial charge is 0.465 e. The first-order chi connectivity index (χ1) is 10.3. The van der Waals surface area contributed by atoms with Crippen molar-refractivity contribution in [2.75, 3.05) is 0 Å². The second kappa shape index (κ2) is 5.15. The number of fused-ring (bicyclic) bond motifs is 1. The molecule has 9 heteroatoms. The van der Waals surface area contributed by atoms with E-state index in [-0.39, 0.29) is 12.0 Å². The molecule has 0 aromatic heterocycles. The molecule has 0 bridgehead atoms. The number of amidine groups is 1. The van der Waals surface area contributed by atoms with Crippen molar-refractivity contribution in [1.82, 2.24) is 5.32 Å². The van der Waals surface area contributed by atoms with Crippen LogP contribution in [0.1, 0.15) is 12.0 Å². The Hall–Kier alpha value is -1.77. The van der Waals surface area contributed by atoms with E-state index in [1.807, 2.05) is 5.32 Å². The van der Waals surface area contributed by atoms with Gasteiger partial charge in [-0.1, -0.05) is 15.9 Å². The molecule has 1 aromatic carbocycles. The highest BCUT2D eigenvalue weighted by molar-refractivity contribution is 9.10. The van der Waals surface area contributed by atoms with Crippen molar-refractivity contribution in [2.24, 2.45) is 10.9 Å². The fraction of sp³-hybridized carbons (Fsp3) is 0.385. The molecule has 0 unspecified atom stereocenters. The van der Waals surface area contributed by atoms with Crippen molar-refractivity contribution in [3.63, 3.8) is 0 Å². The number of aliphatic imine (C=N–C) groups is 1. The Bertz CT molecular complexity index is 670. The summed E-state index contributed by atoms with van der Waals surface area (Å²) in [5.41, 5.74) is -2.44. The van der Waals surface area contributed by atoms with Crippen LogP contribution in [0.15, 0.2) is 27.7 Å². The highest BCUT2D eigenvalue weighted by Crippen LogP contribution is 2.56. The molecule has 1 aliphatic heterocycles. The molecule has 1 aliphatic carbocycles. The molecule has 1 fully saturated rings. The standard InChI is InChI=1S/C13H10BrF3N2O3/c14-5-1-2-8(15)6(3-5)13(10(16)17)7-4-9(7)22-11(19-13)18-12(20)21/h1-3,7,9-10H,4H2,(H,18,19)(H,20,21)/t7-,9+,13+/m0/s1. The Morgan fingerprint density at radius 3 is 2.91 bits per heavy atom. The Balaban J connectivity index is 2.15. The third kappa shape index (κ3) is 2.33. The van der Waals surface area contributed by atoms with Gasteiger partial charge in [0.1, 0.15) is 11.9 Å². The molecule has 118 valence electrons. The Kier molecular flexibility index (Phi) is 3.54. The zero-order chi connectivity index (χ0) is 16.1. The number of halogens is 4. The highest BCUT2D eigenvalue weighted by Gasteiger charge is 2.64. The first-order valence-corrected chi connectivity index (χ1v) is 7.14. The summed E-state index contributed by atoms with van der Waals surface area (Å²) in [6.45, 7) is 0. The van der Waals surface area contributed by atoms with Crippen LogP contribution in [0.25, 0.3) is 0 Å². The number of carboxylic acid groups (broad SMARTS) is 1. The molecule has 0 saturated heterocycles. The normalized spacial score (nSPS) is 29.4. The zero-order valence-corrected chi connectivity index (χ0v) is 12.5. The third-order valence-electron chi connectivity index (χ3n) is 3.75. The maximum absolute atomic E-state index is 14.1. The third-order valence-corrected chi connectivity index (χ3v) is 4.25. The monoisotopic (exact) mass is 378 g/mol. The van der Waals surface area contributed by atoms with E-state index in [2.05, 4.69) is 20.9 Å². The fourth-order valence-electron chi connectivity index (χ4n) is 2.73. The lowest BCUT2D eigenvalue weighted by atomic mass is 9.85. The summed E-state index contributed by atoms with van der Waals surface area (Å²) in [5, 5.41) is 10.5. The van der Waals surface area contributed by atoms with Crippen LogP contribution >= 0.6 is 15.9 Å². The molecule has 1 aromatic rings. The van der Waals surface area contributed by atoms with Crippen LogP contribution < -0.4 is 5.32 Å². The van der Waals surface area contributed by atoms with Gasteiger partial charge in [-0.05, 0) is 24.6 Å². The number of amides is 1. The Labute approximate surface area is 131 Å². The smallest absolute Gasteiger partial charge is 0.412 e.